The highest BCUT2D eigenvalue weighted by molar-refractivity contribution is 7.89. The number of phenols is 1. The zero-order chi connectivity index (χ0) is 14.3. The smallest absolute Gasteiger partial charge is 0.243 e. The highest BCUT2D eigenvalue weighted by Gasteiger charge is 2.33. The average Bonchev–Trinajstić information content (AvgIpc) is 2.86. The molecule has 0 spiro atoms. The van der Waals surface area contributed by atoms with Crippen molar-refractivity contribution in [2.45, 2.75) is 30.7 Å². The summed E-state index contributed by atoms with van der Waals surface area (Å²) in [5.74, 6) is -0.00554. The summed E-state index contributed by atoms with van der Waals surface area (Å²) in [5, 5.41) is 10.3. The molecule has 1 N–H and O–H groups in total. The quantitative estimate of drug-likeness (QED) is 0.920. The summed E-state index contributed by atoms with van der Waals surface area (Å²) in [6.45, 7) is 2.47. The lowest BCUT2D eigenvalue weighted by Gasteiger charge is -2.21. The molecule has 1 saturated heterocycles. The summed E-state index contributed by atoms with van der Waals surface area (Å²) < 4.78 is 27.1. The van der Waals surface area contributed by atoms with Crippen molar-refractivity contribution in [3.8, 4) is 5.75 Å². The third kappa shape index (κ3) is 1.96. The van der Waals surface area contributed by atoms with Gasteiger partial charge >= 0.3 is 0 Å². The number of phenolic OH excluding ortho intramolecular Hbond substituents is 1. The molecule has 3 rings (SSSR count). The second-order valence-electron chi connectivity index (χ2n) is 5.09. The summed E-state index contributed by atoms with van der Waals surface area (Å²) >= 11 is 0. The second-order valence-corrected chi connectivity index (χ2v) is 6.95. The molecule has 0 saturated carbocycles. The van der Waals surface area contributed by atoms with Gasteiger partial charge in [0.25, 0.3) is 0 Å². The van der Waals surface area contributed by atoms with Gasteiger partial charge in [0.1, 0.15) is 11.3 Å². The number of aromatic hydroxyl groups is 1. The first-order valence-electron chi connectivity index (χ1n) is 6.60. The minimum absolute atomic E-state index is 0.00554. The Balaban J connectivity index is 2.22. The van der Waals surface area contributed by atoms with E-state index in [1.54, 1.807) is 12.1 Å². The summed E-state index contributed by atoms with van der Waals surface area (Å²) in [7, 11) is -3.55. The number of fused-ring (bicyclic) bond motifs is 1. The summed E-state index contributed by atoms with van der Waals surface area (Å²) in [5.41, 5.74) is 0.320. The molecule has 1 aromatic heterocycles. The van der Waals surface area contributed by atoms with Gasteiger partial charge in [0.15, 0.2) is 0 Å². The van der Waals surface area contributed by atoms with Crippen LogP contribution < -0.4 is 0 Å². The molecule has 20 heavy (non-hydrogen) atoms. The monoisotopic (exact) mass is 292 g/mol. The molecular weight excluding hydrogens is 276 g/mol. The van der Waals surface area contributed by atoms with Crippen molar-refractivity contribution in [1.29, 1.82) is 0 Å². The van der Waals surface area contributed by atoms with Gasteiger partial charge in [0, 0.05) is 24.2 Å². The fraction of sp³-hybridized carbons (Fsp3) is 0.357. The number of benzene rings is 1. The number of aromatic nitrogens is 1. The molecule has 2 aromatic rings. The highest BCUT2D eigenvalue weighted by atomic mass is 32.2. The Morgan fingerprint density at radius 2 is 2.15 bits per heavy atom. The predicted molar refractivity (Wildman–Crippen MR) is 76.0 cm³/mol. The maximum atomic E-state index is 12.8. The molecule has 0 bridgehead atoms. The van der Waals surface area contributed by atoms with Crippen molar-refractivity contribution in [3.63, 3.8) is 0 Å². The third-order valence-electron chi connectivity index (χ3n) is 3.79. The van der Waals surface area contributed by atoms with E-state index < -0.39 is 10.0 Å². The minimum Gasteiger partial charge on any atom is -0.506 e. The molecular formula is C14H16N2O3S. The SMILES string of the molecule is C[C@H]1CCCN1S(=O)(=O)c1ccc(O)c2ncccc12. The van der Waals surface area contributed by atoms with E-state index in [9.17, 15) is 13.5 Å². The van der Waals surface area contributed by atoms with Gasteiger partial charge in [-0.3, -0.25) is 4.98 Å². The van der Waals surface area contributed by atoms with Crippen molar-refractivity contribution < 1.29 is 13.5 Å². The molecule has 5 nitrogen and oxygen atoms in total. The molecule has 1 aliphatic rings. The van der Waals surface area contributed by atoms with Gasteiger partial charge in [0.2, 0.25) is 10.0 Å². The number of hydrogen-bond acceptors (Lipinski definition) is 4. The zero-order valence-electron chi connectivity index (χ0n) is 11.2. The van der Waals surface area contributed by atoms with E-state index in [0.717, 1.165) is 12.8 Å². The summed E-state index contributed by atoms with van der Waals surface area (Å²) in [4.78, 5) is 4.28. The molecule has 0 amide bonds. The van der Waals surface area contributed by atoms with Crippen LogP contribution in [0.5, 0.6) is 5.75 Å². The van der Waals surface area contributed by atoms with Crippen molar-refractivity contribution >= 4 is 20.9 Å². The van der Waals surface area contributed by atoms with Crippen LogP contribution in [0.25, 0.3) is 10.9 Å². The lowest BCUT2D eigenvalue weighted by Crippen LogP contribution is -2.33. The molecule has 1 aliphatic heterocycles. The van der Waals surface area contributed by atoms with E-state index in [1.807, 2.05) is 6.92 Å². The van der Waals surface area contributed by atoms with Gasteiger partial charge in [-0.05, 0) is 44.0 Å². The first-order chi connectivity index (χ1) is 9.51. The molecule has 2 heterocycles. The Hall–Kier alpha value is -1.66. The number of pyridine rings is 1. The van der Waals surface area contributed by atoms with E-state index in [-0.39, 0.29) is 16.7 Å². The Labute approximate surface area is 117 Å². The van der Waals surface area contributed by atoms with Crippen molar-refractivity contribution in [1.82, 2.24) is 9.29 Å². The Kier molecular flexibility index (Phi) is 3.14. The van der Waals surface area contributed by atoms with E-state index in [4.69, 9.17) is 0 Å². The predicted octanol–water partition coefficient (Wildman–Crippen LogP) is 2.11. The van der Waals surface area contributed by atoms with Crippen LogP contribution >= 0.6 is 0 Å². The Bertz CT molecular complexity index is 758. The van der Waals surface area contributed by atoms with Crippen LogP contribution in [0.1, 0.15) is 19.8 Å². The van der Waals surface area contributed by atoms with Crippen LogP contribution in [0.3, 0.4) is 0 Å². The second kappa shape index (κ2) is 4.71. The molecule has 1 fully saturated rings. The molecule has 0 radical (unpaired) electrons. The topological polar surface area (TPSA) is 70.5 Å². The molecule has 106 valence electrons. The van der Waals surface area contributed by atoms with Crippen LogP contribution in [-0.4, -0.2) is 35.4 Å². The normalized spacial score (nSPS) is 20.6. The van der Waals surface area contributed by atoms with Gasteiger partial charge in [-0.2, -0.15) is 4.31 Å². The van der Waals surface area contributed by atoms with Gasteiger partial charge < -0.3 is 5.11 Å². The van der Waals surface area contributed by atoms with Crippen LogP contribution in [0.15, 0.2) is 35.4 Å². The lowest BCUT2D eigenvalue weighted by atomic mass is 10.2. The number of sulfonamides is 1. The number of rotatable bonds is 2. The largest absolute Gasteiger partial charge is 0.506 e. The first kappa shape index (κ1) is 13.3. The summed E-state index contributed by atoms with van der Waals surface area (Å²) in [6.07, 6.45) is 3.30. The van der Waals surface area contributed by atoms with Crippen LogP contribution in [0.2, 0.25) is 0 Å². The van der Waals surface area contributed by atoms with Gasteiger partial charge in [-0.25, -0.2) is 8.42 Å². The minimum atomic E-state index is -3.55. The van der Waals surface area contributed by atoms with E-state index in [1.165, 1.54) is 22.6 Å². The van der Waals surface area contributed by atoms with Crippen molar-refractivity contribution in [2.24, 2.45) is 0 Å². The molecule has 1 atom stereocenters. The van der Waals surface area contributed by atoms with Crippen LogP contribution in [0, 0.1) is 0 Å². The maximum Gasteiger partial charge on any atom is 0.243 e. The van der Waals surface area contributed by atoms with Crippen LogP contribution in [-0.2, 0) is 10.0 Å². The van der Waals surface area contributed by atoms with E-state index >= 15 is 0 Å². The fourth-order valence-corrected chi connectivity index (χ4v) is 4.63. The fourth-order valence-electron chi connectivity index (χ4n) is 2.75. The maximum absolute atomic E-state index is 12.8. The number of nitrogens with zero attached hydrogens (tertiary/aromatic N) is 2. The zero-order valence-corrected chi connectivity index (χ0v) is 12.0. The summed E-state index contributed by atoms with van der Waals surface area (Å²) in [6, 6.07) is 6.22. The molecule has 1 aromatic carbocycles. The standard InChI is InChI=1S/C14H16N2O3S/c1-10-4-3-9-16(10)20(18,19)13-7-6-12(17)14-11(13)5-2-8-15-14/h2,5-8,10,17H,3-4,9H2,1H3/t10-/m0/s1. The van der Waals surface area contributed by atoms with E-state index in [2.05, 4.69) is 4.98 Å². The van der Waals surface area contributed by atoms with Crippen molar-refractivity contribution in [2.75, 3.05) is 6.54 Å². The molecule has 6 heteroatoms. The Morgan fingerprint density at radius 1 is 1.35 bits per heavy atom. The van der Waals surface area contributed by atoms with Gasteiger partial charge in [-0.1, -0.05) is 0 Å². The first-order valence-corrected chi connectivity index (χ1v) is 8.04. The van der Waals surface area contributed by atoms with Gasteiger partial charge in [-0.15, -0.1) is 0 Å². The van der Waals surface area contributed by atoms with Crippen molar-refractivity contribution in [3.05, 3.63) is 30.5 Å². The average molecular weight is 292 g/mol. The number of hydrogen-bond donors (Lipinski definition) is 1. The van der Waals surface area contributed by atoms with E-state index in [0.29, 0.717) is 17.4 Å². The van der Waals surface area contributed by atoms with Gasteiger partial charge in [0.05, 0.1) is 4.90 Å². The lowest BCUT2D eigenvalue weighted by molar-refractivity contribution is 0.409. The molecule has 0 aliphatic carbocycles. The third-order valence-corrected chi connectivity index (χ3v) is 5.86. The molecule has 0 unspecified atom stereocenters. The highest BCUT2D eigenvalue weighted by Crippen LogP contribution is 2.32. The Morgan fingerprint density at radius 3 is 2.85 bits per heavy atom. The van der Waals surface area contributed by atoms with Crippen LogP contribution in [0.4, 0.5) is 0 Å².